The fraction of sp³-hybridized carbons (Fsp3) is 1.00. The lowest BCUT2D eigenvalue weighted by Gasteiger charge is -2.23. The second-order valence-corrected chi connectivity index (χ2v) is 7.89. The van der Waals surface area contributed by atoms with Crippen molar-refractivity contribution in [3.63, 3.8) is 0 Å². The molecule has 0 saturated carbocycles. The van der Waals surface area contributed by atoms with Crippen molar-refractivity contribution in [1.29, 1.82) is 0 Å². The Morgan fingerprint density at radius 1 is 0.826 bits per heavy atom. The lowest BCUT2D eigenvalue weighted by molar-refractivity contribution is 0.0637. The molecule has 0 radical (unpaired) electrons. The number of ether oxygens (including phenoxy) is 2. The predicted molar refractivity (Wildman–Crippen MR) is 106 cm³/mol. The van der Waals surface area contributed by atoms with Crippen molar-refractivity contribution >= 4 is 23.9 Å². The minimum absolute atomic E-state index is 0.365. The molecule has 2 fully saturated rings. The third kappa shape index (κ3) is 14.6. The van der Waals surface area contributed by atoms with Crippen molar-refractivity contribution < 1.29 is 9.47 Å². The lowest BCUT2D eigenvalue weighted by Crippen LogP contribution is -2.33. The standard InChI is InChI=1S/C8H17NOS.C7H15NOS.C2H6/c1-7(2)10-6-8-4-3-5-11-9-8;1-6(2)9-5-7-3-4-10-8-7;1-2/h7-9H,3-6H2,1-2H3;6-8H,3-5H2,1-2H3;1-2H3. The molecule has 0 aromatic rings. The van der Waals surface area contributed by atoms with Gasteiger partial charge >= 0.3 is 0 Å². The van der Waals surface area contributed by atoms with E-state index in [4.69, 9.17) is 9.47 Å². The van der Waals surface area contributed by atoms with E-state index in [1.165, 1.54) is 30.8 Å². The zero-order valence-corrected chi connectivity index (χ0v) is 17.5. The molecule has 0 aliphatic carbocycles. The molecule has 2 unspecified atom stereocenters. The van der Waals surface area contributed by atoms with E-state index in [2.05, 4.69) is 37.1 Å². The Labute approximate surface area is 152 Å². The summed E-state index contributed by atoms with van der Waals surface area (Å²) in [6, 6.07) is 1.17. The van der Waals surface area contributed by atoms with Crippen molar-refractivity contribution in [3.05, 3.63) is 0 Å². The van der Waals surface area contributed by atoms with Gasteiger partial charge in [0.2, 0.25) is 0 Å². The third-order valence-electron chi connectivity index (χ3n) is 3.13. The fourth-order valence-corrected chi connectivity index (χ4v) is 3.72. The SMILES string of the molecule is CC.CC(C)OCC1CCCSN1.CC(C)OCC1CCSN1. The van der Waals surface area contributed by atoms with Gasteiger partial charge < -0.3 is 9.47 Å². The van der Waals surface area contributed by atoms with Crippen LogP contribution in [0, 0.1) is 0 Å². The molecule has 2 aliphatic heterocycles. The van der Waals surface area contributed by atoms with Gasteiger partial charge in [-0.15, -0.1) is 0 Å². The van der Waals surface area contributed by atoms with E-state index in [9.17, 15) is 0 Å². The van der Waals surface area contributed by atoms with Gasteiger partial charge in [0.25, 0.3) is 0 Å². The third-order valence-corrected chi connectivity index (χ3v) is 5.06. The first-order valence-corrected chi connectivity index (χ1v) is 11.0. The first kappa shape index (κ1) is 23.5. The summed E-state index contributed by atoms with van der Waals surface area (Å²) in [5.74, 6) is 2.48. The van der Waals surface area contributed by atoms with Crippen LogP contribution in [0.5, 0.6) is 0 Å². The largest absolute Gasteiger partial charge is 0.377 e. The highest BCUT2D eigenvalue weighted by Gasteiger charge is 2.14. The maximum Gasteiger partial charge on any atom is 0.0632 e. The summed E-state index contributed by atoms with van der Waals surface area (Å²) in [6.07, 6.45) is 4.57. The van der Waals surface area contributed by atoms with Crippen LogP contribution in [0.25, 0.3) is 0 Å². The molecule has 23 heavy (non-hydrogen) atoms. The van der Waals surface area contributed by atoms with Crippen molar-refractivity contribution in [3.8, 4) is 0 Å². The number of nitrogens with one attached hydrogen (secondary N) is 2. The van der Waals surface area contributed by atoms with E-state index in [1.807, 2.05) is 25.8 Å². The van der Waals surface area contributed by atoms with E-state index in [0.29, 0.717) is 24.3 Å². The van der Waals surface area contributed by atoms with Crippen LogP contribution in [0.15, 0.2) is 0 Å². The second-order valence-electron chi connectivity index (χ2n) is 6.02. The molecule has 0 amide bonds. The molecular weight excluding hydrogens is 328 g/mol. The average Bonchev–Trinajstić information content (AvgIpc) is 3.08. The molecule has 0 aromatic heterocycles. The molecule has 0 spiro atoms. The molecule has 0 bridgehead atoms. The summed E-state index contributed by atoms with van der Waals surface area (Å²) < 4.78 is 17.6. The summed E-state index contributed by atoms with van der Waals surface area (Å²) in [6.45, 7) is 14.0. The maximum atomic E-state index is 5.51. The van der Waals surface area contributed by atoms with E-state index >= 15 is 0 Å². The van der Waals surface area contributed by atoms with Crippen LogP contribution in [0.1, 0.15) is 60.8 Å². The number of rotatable bonds is 6. The first-order valence-electron chi connectivity index (χ1n) is 9.05. The van der Waals surface area contributed by atoms with Crippen LogP contribution in [0.4, 0.5) is 0 Å². The second kappa shape index (κ2) is 16.0. The van der Waals surface area contributed by atoms with Crippen molar-refractivity contribution in [1.82, 2.24) is 9.44 Å². The van der Waals surface area contributed by atoms with Gasteiger partial charge in [0.1, 0.15) is 0 Å². The van der Waals surface area contributed by atoms with Gasteiger partial charge in [-0.1, -0.05) is 37.7 Å². The summed E-state index contributed by atoms with van der Waals surface area (Å²) in [4.78, 5) is 0. The lowest BCUT2D eigenvalue weighted by atomic mass is 10.2. The molecule has 2 heterocycles. The molecule has 6 heteroatoms. The Kier molecular flexibility index (Phi) is 16.4. The molecule has 2 aliphatic rings. The zero-order valence-electron chi connectivity index (χ0n) is 15.9. The molecule has 2 saturated heterocycles. The van der Waals surface area contributed by atoms with E-state index in [-0.39, 0.29) is 0 Å². The van der Waals surface area contributed by atoms with Crippen molar-refractivity contribution in [2.45, 2.75) is 85.1 Å². The molecular formula is C17H38N2O2S2. The van der Waals surface area contributed by atoms with Gasteiger partial charge in [0.15, 0.2) is 0 Å². The summed E-state index contributed by atoms with van der Waals surface area (Å²) in [5, 5.41) is 0. The number of hydrogen-bond donors (Lipinski definition) is 2. The molecule has 2 N–H and O–H groups in total. The van der Waals surface area contributed by atoms with E-state index in [1.54, 1.807) is 11.9 Å². The molecule has 2 rings (SSSR count). The smallest absolute Gasteiger partial charge is 0.0632 e. The maximum absolute atomic E-state index is 5.51. The fourth-order valence-electron chi connectivity index (χ4n) is 1.93. The van der Waals surface area contributed by atoms with Crippen LogP contribution in [0.3, 0.4) is 0 Å². The van der Waals surface area contributed by atoms with Gasteiger partial charge in [-0.2, -0.15) is 0 Å². The Morgan fingerprint density at radius 2 is 1.30 bits per heavy atom. The monoisotopic (exact) mass is 366 g/mol. The van der Waals surface area contributed by atoms with Gasteiger partial charge in [-0.25, -0.2) is 0 Å². The van der Waals surface area contributed by atoms with Crippen LogP contribution >= 0.6 is 23.9 Å². The summed E-state index contributed by atoms with van der Waals surface area (Å²) in [5.41, 5.74) is 0. The Morgan fingerprint density at radius 3 is 1.65 bits per heavy atom. The predicted octanol–water partition coefficient (Wildman–Crippen LogP) is 4.26. The van der Waals surface area contributed by atoms with E-state index < -0.39 is 0 Å². The van der Waals surface area contributed by atoms with Crippen molar-refractivity contribution in [2.75, 3.05) is 24.7 Å². The molecule has 0 aromatic carbocycles. The summed E-state index contributed by atoms with van der Waals surface area (Å²) in [7, 11) is 0. The highest BCUT2D eigenvalue weighted by atomic mass is 32.2. The zero-order chi connectivity index (χ0) is 17.5. The normalized spacial score (nSPS) is 24.0. The highest BCUT2D eigenvalue weighted by Crippen LogP contribution is 2.14. The van der Waals surface area contributed by atoms with Gasteiger partial charge in [0.05, 0.1) is 25.4 Å². The topological polar surface area (TPSA) is 42.5 Å². The minimum Gasteiger partial charge on any atom is -0.377 e. The molecule has 4 nitrogen and oxygen atoms in total. The molecule has 140 valence electrons. The molecule has 2 atom stereocenters. The van der Waals surface area contributed by atoms with Gasteiger partial charge in [-0.05, 0) is 47.0 Å². The minimum atomic E-state index is 0.365. The number of hydrogen-bond acceptors (Lipinski definition) is 6. The Balaban J connectivity index is 0.000000381. The van der Waals surface area contributed by atoms with Crippen molar-refractivity contribution in [2.24, 2.45) is 0 Å². The van der Waals surface area contributed by atoms with Crippen LogP contribution in [-0.2, 0) is 9.47 Å². The van der Waals surface area contributed by atoms with E-state index in [0.717, 1.165) is 13.2 Å². The average molecular weight is 367 g/mol. The van der Waals surface area contributed by atoms with Crippen LogP contribution in [0.2, 0.25) is 0 Å². The van der Waals surface area contributed by atoms with Crippen LogP contribution < -0.4 is 9.44 Å². The van der Waals surface area contributed by atoms with Gasteiger partial charge in [-0.3, -0.25) is 9.44 Å². The summed E-state index contributed by atoms with van der Waals surface area (Å²) >= 11 is 3.63. The Hall–Kier alpha value is 0.540. The highest BCUT2D eigenvalue weighted by molar-refractivity contribution is 7.97. The first-order chi connectivity index (χ1) is 11.1. The van der Waals surface area contributed by atoms with Gasteiger partial charge in [0, 0.05) is 23.6 Å². The quantitative estimate of drug-likeness (QED) is 0.685. The Bertz CT molecular complexity index is 245. The van der Waals surface area contributed by atoms with Crippen LogP contribution in [-0.4, -0.2) is 49.0 Å².